The van der Waals surface area contributed by atoms with E-state index in [9.17, 15) is 0 Å². The Balaban J connectivity index is 1.79. The van der Waals surface area contributed by atoms with Gasteiger partial charge in [-0.25, -0.2) is 0 Å². The smallest absolute Gasteiger partial charge is 0.126 e. The number of piperidine rings is 1. The normalized spacial score (nSPS) is 44.7. The first-order valence-corrected chi connectivity index (χ1v) is 6.33. The minimum Gasteiger partial charge on any atom is -0.373 e. The summed E-state index contributed by atoms with van der Waals surface area (Å²) in [4.78, 5) is 2.56. The average molecular weight is 207 g/mol. The van der Waals surface area contributed by atoms with E-state index in [0.717, 1.165) is 0 Å². The highest BCUT2D eigenvalue weighted by Crippen LogP contribution is 2.50. The maximum atomic E-state index is 5.89. The second-order valence-electron chi connectivity index (χ2n) is 5.63. The number of epoxide rings is 1. The van der Waals surface area contributed by atoms with E-state index in [1.807, 2.05) is 0 Å². The third-order valence-corrected chi connectivity index (χ3v) is 4.06. The van der Waals surface area contributed by atoms with Crippen LogP contribution in [0.3, 0.4) is 0 Å². The van der Waals surface area contributed by atoms with Crippen molar-refractivity contribution < 1.29 is 4.74 Å². The molecule has 3 atom stereocenters. The topological polar surface area (TPSA) is 15.8 Å². The third kappa shape index (κ3) is 1.59. The van der Waals surface area contributed by atoms with E-state index in [0.29, 0.717) is 12.0 Å². The Labute approximate surface area is 92.3 Å². The molecule has 2 nitrogen and oxygen atoms in total. The molecule has 15 heavy (non-hydrogen) atoms. The van der Waals surface area contributed by atoms with Gasteiger partial charge in [-0.05, 0) is 38.5 Å². The lowest BCUT2D eigenvalue weighted by Gasteiger charge is -2.33. The molecule has 0 aromatic heterocycles. The van der Waals surface area contributed by atoms with Crippen LogP contribution in [0.5, 0.6) is 0 Å². The van der Waals surface area contributed by atoms with Crippen molar-refractivity contribution in [3.63, 3.8) is 0 Å². The summed E-state index contributed by atoms with van der Waals surface area (Å²) >= 11 is 0. The molecule has 2 aliphatic heterocycles. The Kier molecular flexibility index (Phi) is 2.10. The van der Waals surface area contributed by atoms with Crippen LogP contribution in [0.2, 0.25) is 0 Å². The molecule has 2 saturated heterocycles. The monoisotopic (exact) mass is 207 g/mol. The Morgan fingerprint density at radius 2 is 2.07 bits per heavy atom. The SMILES string of the molecule is CC1C=C(N2CCCCC2)C2OC2(C)C1. The van der Waals surface area contributed by atoms with E-state index in [1.54, 1.807) is 0 Å². The number of likely N-dealkylation sites (tertiary alicyclic amines) is 1. The van der Waals surface area contributed by atoms with Gasteiger partial charge in [-0.1, -0.05) is 13.0 Å². The summed E-state index contributed by atoms with van der Waals surface area (Å²) in [6.07, 6.45) is 8.19. The molecule has 0 aromatic rings. The molecular weight excluding hydrogens is 186 g/mol. The van der Waals surface area contributed by atoms with Crippen LogP contribution in [0.1, 0.15) is 39.5 Å². The van der Waals surface area contributed by atoms with Crippen molar-refractivity contribution in [2.24, 2.45) is 5.92 Å². The maximum Gasteiger partial charge on any atom is 0.126 e. The van der Waals surface area contributed by atoms with Crippen LogP contribution in [0.15, 0.2) is 11.8 Å². The summed E-state index contributed by atoms with van der Waals surface area (Å²) in [5, 5.41) is 0. The van der Waals surface area contributed by atoms with Crippen LogP contribution in [-0.2, 0) is 4.74 Å². The number of allylic oxidation sites excluding steroid dienone is 1. The molecule has 0 aromatic carbocycles. The fourth-order valence-electron chi connectivity index (χ4n) is 3.26. The first-order valence-electron chi connectivity index (χ1n) is 6.33. The molecule has 0 radical (unpaired) electrons. The van der Waals surface area contributed by atoms with Gasteiger partial charge >= 0.3 is 0 Å². The van der Waals surface area contributed by atoms with E-state index < -0.39 is 0 Å². The van der Waals surface area contributed by atoms with E-state index in [-0.39, 0.29) is 5.60 Å². The molecule has 3 rings (SSSR count). The van der Waals surface area contributed by atoms with E-state index in [1.165, 1.54) is 44.5 Å². The highest BCUT2D eigenvalue weighted by molar-refractivity contribution is 5.27. The van der Waals surface area contributed by atoms with Crippen LogP contribution in [0.4, 0.5) is 0 Å². The number of hydrogen-bond donors (Lipinski definition) is 0. The second-order valence-corrected chi connectivity index (χ2v) is 5.63. The van der Waals surface area contributed by atoms with Crippen LogP contribution in [0.25, 0.3) is 0 Å². The molecule has 3 aliphatic rings. The fraction of sp³-hybridized carbons (Fsp3) is 0.846. The molecule has 2 heteroatoms. The summed E-state index contributed by atoms with van der Waals surface area (Å²) in [6, 6.07) is 0. The molecule has 0 N–H and O–H groups in total. The Morgan fingerprint density at radius 1 is 1.33 bits per heavy atom. The fourth-order valence-corrected chi connectivity index (χ4v) is 3.26. The van der Waals surface area contributed by atoms with Crippen LogP contribution < -0.4 is 0 Å². The summed E-state index contributed by atoms with van der Waals surface area (Å²) in [7, 11) is 0. The van der Waals surface area contributed by atoms with Crippen molar-refractivity contribution in [3.05, 3.63) is 11.8 Å². The maximum absolute atomic E-state index is 5.89. The first kappa shape index (κ1) is 9.71. The second kappa shape index (κ2) is 3.24. The van der Waals surface area contributed by atoms with Gasteiger partial charge in [-0.2, -0.15) is 0 Å². The molecule has 1 aliphatic carbocycles. The zero-order chi connectivity index (χ0) is 10.5. The van der Waals surface area contributed by atoms with Crippen molar-refractivity contribution in [2.75, 3.05) is 13.1 Å². The summed E-state index contributed by atoms with van der Waals surface area (Å²) in [5.41, 5.74) is 1.68. The Hall–Kier alpha value is -0.500. The van der Waals surface area contributed by atoms with E-state index >= 15 is 0 Å². The predicted octanol–water partition coefficient (Wildman–Crippen LogP) is 2.55. The van der Waals surface area contributed by atoms with Crippen molar-refractivity contribution in [1.82, 2.24) is 4.90 Å². The third-order valence-electron chi connectivity index (χ3n) is 4.06. The highest BCUT2D eigenvalue weighted by atomic mass is 16.6. The quantitative estimate of drug-likeness (QED) is 0.614. The zero-order valence-electron chi connectivity index (χ0n) is 9.83. The van der Waals surface area contributed by atoms with Gasteiger partial charge < -0.3 is 9.64 Å². The van der Waals surface area contributed by atoms with Crippen molar-refractivity contribution in [1.29, 1.82) is 0 Å². The highest BCUT2D eigenvalue weighted by Gasteiger charge is 2.57. The van der Waals surface area contributed by atoms with Gasteiger partial charge in [-0.3, -0.25) is 0 Å². The molecule has 84 valence electrons. The minimum absolute atomic E-state index is 0.181. The lowest BCUT2D eigenvalue weighted by molar-refractivity contribution is 0.257. The lowest BCUT2D eigenvalue weighted by atomic mass is 9.86. The summed E-state index contributed by atoms with van der Waals surface area (Å²) < 4.78 is 5.89. The number of rotatable bonds is 1. The first-order chi connectivity index (χ1) is 7.19. The van der Waals surface area contributed by atoms with Gasteiger partial charge in [0.25, 0.3) is 0 Å². The number of fused-ring (bicyclic) bond motifs is 1. The standard InChI is InChI=1S/C13H21NO/c1-10-8-11(12-13(2,9-10)15-12)14-6-4-3-5-7-14/h8,10,12H,3-7,9H2,1-2H3. The Morgan fingerprint density at radius 3 is 2.80 bits per heavy atom. The number of ether oxygens (including phenoxy) is 1. The van der Waals surface area contributed by atoms with Crippen molar-refractivity contribution >= 4 is 0 Å². The molecular formula is C13H21NO. The summed E-state index contributed by atoms with van der Waals surface area (Å²) in [5.74, 6) is 0.686. The lowest BCUT2D eigenvalue weighted by Crippen LogP contribution is -2.35. The summed E-state index contributed by atoms with van der Waals surface area (Å²) in [6.45, 7) is 7.07. The van der Waals surface area contributed by atoms with Crippen LogP contribution in [0, 0.1) is 5.92 Å². The van der Waals surface area contributed by atoms with Gasteiger partial charge in [0.05, 0.1) is 5.60 Å². The van der Waals surface area contributed by atoms with Gasteiger partial charge in [0.15, 0.2) is 0 Å². The van der Waals surface area contributed by atoms with Crippen LogP contribution in [-0.4, -0.2) is 29.7 Å². The van der Waals surface area contributed by atoms with Crippen LogP contribution >= 0.6 is 0 Å². The minimum atomic E-state index is 0.181. The molecule has 3 unspecified atom stereocenters. The van der Waals surface area contributed by atoms with Crippen molar-refractivity contribution in [3.8, 4) is 0 Å². The van der Waals surface area contributed by atoms with Crippen molar-refractivity contribution in [2.45, 2.75) is 51.2 Å². The number of hydrogen-bond acceptors (Lipinski definition) is 2. The van der Waals surface area contributed by atoms with Gasteiger partial charge in [-0.15, -0.1) is 0 Å². The molecule has 0 bridgehead atoms. The number of nitrogens with zero attached hydrogens (tertiary/aromatic N) is 1. The van der Waals surface area contributed by atoms with E-state index in [2.05, 4.69) is 24.8 Å². The molecule has 0 spiro atoms. The largest absolute Gasteiger partial charge is 0.373 e. The van der Waals surface area contributed by atoms with Gasteiger partial charge in [0.1, 0.15) is 6.10 Å². The van der Waals surface area contributed by atoms with Gasteiger partial charge in [0, 0.05) is 18.8 Å². The molecule has 0 amide bonds. The average Bonchev–Trinajstić information content (AvgIpc) is 2.89. The van der Waals surface area contributed by atoms with Gasteiger partial charge in [0.2, 0.25) is 0 Å². The zero-order valence-corrected chi connectivity index (χ0v) is 9.83. The van der Waals surface area contributed by atoms with E-state index in [4.69, 9.17) is 4.74 Å². The molecule has 2 heterocycles. The molecule has 2 fully saturated rings. The predicted molar refractivity (Wildman–Crippen MR) is 60.6 cm³/mol. The molecule has 0 saturated carbocycles. The Bertz CT molecular complexity index is 293.